The lowest BCUT2D eigenvalue weighted by Crippen LogP contribution is -2.47. The molecule has 9 nitrogen and oxygen atoms in total. The normalized spacial score (nSPS) is 28.6. The van der Waals surface area contributed by atoms with Gasteiger partial charge >= 0.3 is 6.09 Å². The number of non-ortho nitro benzene ring substituents is 1. The standard InChI is InChI=1S/C20H26N4O5S/c1-21-7-14-9-22(10-15(14)8-21)19(25)18-6-17(30)11-23(18)20(26)29-12-13-2-4-16(5-3-13)24(27)28/h2-5,14-15,17-18,30H,6-12H2,1H3/t14?,15?,17-,18-/m0/s1. The van der Waals surface area contributed by atoms with Gasteiger partial charge in [-0.3, -0.25) is 19.8 Å². The molecule has 2 amide bonds. The van der Waals surface area contributed by atoms with Crippen LogP contribution in [0.2, 0.25) is 0 Å². The third-order valence-corrected chi connectivity index (χ3v) is 6.66. The molecule has 0 aliphatic carbocycles. The first-order valence-electron chi connectivity index (χ1n) is 10.1. The van der Waals surface area contributed by atoms with Crippen LogP contribution >= 0.6 is 12.6 Å². The fourth-order valence-electron chi connectivity index (χ4n) is 4.81. The van der Waals surface area contributed by atoms with Gasteiger partial charge in [0.05, 0.1) is 4.92 Å². The average Bonchev–Trinajstić information content (AvgIpc) is 3.38. The molecule has 1 aromatic carbocycles. The topological polar surface area (TPSA) is 96.2 Å². The number of likely N-dealkylation sites (tertiary alicyclic amines) is 3. The van der Waals surface area contributed by atoms with Gasteiger partial charge in [0.15, 0.2) is 0 Å². The maximum atomic E-state index is 13.2. The number of rotatable bonds is 4. The Balaban J connectivity index is 1.35. The molecule has 162 valence electrons. The summed E-state index contributed by atoms with van der Waals surface area (Å²) in [6, 6.07) is 5.31. The van der Waals surface area contributed by atoms with Crippen molar-refractivity contribution in [2.24, 2.45) is 11.8 Å². The van der Waals surface area contributed by atoms with Crippen LogP contribution in [0.4, 0.5) is 10.5 Å². The van der Waals surface area contributed by atoms with Crippen LogP contribution in [-0.2, 0) is 16.1 Å². The molecule has 0 spiro atoms. The number of carbonyl (C=O) groups is 2. The van der Waals surface area contributed by atoms with Crippen molar-refractivity contribution in [3.8, 4) is 0 Å². The first-order valence-corrected chi connectivity index (χ1v) is 10.7. The quantitative estimate of drug-likeness (QED) is 0.440. The molecule has 0 radical (unpaired) electrons. The Bertz CT molecular complexity index is 821. The fourth-order valence-corrected chi connectivity index (χ4v) is 5.19. The van der Waals surface area contributed by atoms with E-state index in [1.165, 1.54) is 17.0 Å². The Kier molecular flexibility index (Phi) is 5.88. The van der Waals surface area contributed by atoms with Crippen molar-refractivity contribution in [2.45, 2.75) is 24.3 Å². The number of fused-ring (bicyclic) bond motifs is 1. The molecular weight excluding hydrogens is 408 g/mol. The highest BCUT2D eigenvalue weighted by molar-refractivity contribution is 7.81. The Morgan fingerprint density at radius 1 is 1.13 bits per heavy atom. The Morgan fingerprint density at radius 2 is 1.77 bits per heavy atom. The number of nitrogens with zero attached hydrogens (tertiary/aromatic N) is 4. The lowest BCUT2D eigenvalue weighted by atomic mass is 10.0. The summed E-state index contributed by atoms with van der Waals surface area (Å²) in [6.45, 7) is 3.86. The number of ether oxygens (including phenoxy) is 1. The number of amides is 2. The van der Waals surface area contributed by atoms with E-state index in [-0.39, 0.29) is 23.5 Å². The third kappa shape index (κ3) is 4.24. The van der Waals surface area contributed by atoms with E-state index in [9.17, 15) is 19.7 Å². The first-order chi connectivity index (χ1) is 14.3. The monoisotopic (exact) mass is 434 g/mol. The van der Waals surface area contributed by atoms with E-state index in [0.717, 1.165) is 26.2 Å². The molecule has 3 saturated heterocycles. The van der Waals surface area contributed by atoms with Crippen LogP contribution in [-0.4, -0.2) is 82.7 Å². The van der Waals surface area contributed by atoms with Gasteiger partial charge in [-0.2, -0.15) is 12.6 Å². The van der Waals surface area contributed by atoms with E-state index in [0.29, 0.717) is 30.4 Å². The molecule has 3 aliphatic heterocycles. The van der Waals surface area contributed by atoms with Crippen LogP contribution in [0.3, 0.4) is 0 Å². The van der Waals surface area contributed by atoms with Gasteiger partial charge in [-0.15, -0.1) is 0 Å². The number of carbonyl (C=O) groups excluding carboxylic acids is 2. The highest BCUT2D eigenvalue weighted by Gasteiger charge is 2.46. The average molecular weight is 435 g/mol. The van der Waals surface area contributed by atoms with Crippen molar-refractivity contribution in [3.05, 3.63) is 39.9 Å². The summed E-state index contributed by atoms with van der Waals surface area (Å²) in [5, 5.41) is 10.7. The van der Waals surface area contributed by atoms with Crippen molar-refractivity contribution in [3.63, 3.8) is 0 Å². The van der Waals surface area contributed by atoms with Crippen LogP contribution in [0, 0.1) is 22.0 Å². The molecule has 3 aliphatic rings. The molecule has 0 bridgehead atoms. The molecule has 0 N–H and O–H groups in total. The van der Waals surface area contributed by atoms with Crippen molar-refractivity contribution in [1.82, 2.24) is 14.7 Å². The lowest BCUT2D eigenvalue weighted by Gasteiger charge is -2.28. The number of nitro benzene ring substituents is 1. The Morgan fingerprint density at radius 3 is 2.37 bits per heavy atom. The van der Waals surface area contributed by atoms with Crippen LogP contribution in [0.5, 0.6) is 0 Å². The summed E-state index contributed by atoms with van der Waals surface area (Å²) in [4.78, 5) is 41.8. The number of hydrogen-bond acceptors (Lipinski definition) is 7. The molecule has 30 heavy (non-hydrogen) atoms. The lowest BCUT2D eigenvalue weighted by molar-refractivity contribution is -0.384. The van der Waals surface area contributed by atoms with Crippen molar-refractivity contribution in [2.75, 3.05) is 39.8 Å². The maximum Gasteiger partial charge on any atom is 0.410 e. The van der Waals surface area contributed by atoms with Gasteiger partial charge in [-0.05, 0) is 43.0 Å². The third-order valence-electron chi connectivity index (χ3n) is 6.29. The molecule has 0 aromatic heterocycles. The second kappa shape index (κ2) is 8.43. The maximum absolute atomic E-state index is 13.2. The van der Waals surface area contributed by atoms with Gasteiger partial charge in [0.1, 0.15) is 12.6 Å². The molecular formula is C20H26N4O5S. The van der Waals surface area contributed by atoms with Gasteiger partial charge in [0.25, 0.3) is 5.69 Å². The Hall–Kier alpha value is -2.33. The highest BCUT2D eigenvalue weighted by Crippen LogP contribution is 2.32. The summed E-state index contributed by atoms with van der Waals surface area (Å²) in [5.41, 5.74) is 0.629. The minimum atomic E-state index is -0.553. The zero-order chi connectivity index (χ0) is 21.4. The number of thiol groups is 1. The summed E-state index contributed by atoms with van der Waals surface area (Å²) < 4.78 is 5.40. The van der Waals surface area contributed by atoms with Gasteiger partial charge in [-0.1, -0.05) is 0 Å². The number of benzene rings is 1. The van der Waals surface area contributed by atoms with E-state index >= 15 is 0 Å². The summed E-state index contributed by atoms with van der Waals surface area (Å²) in [6.07, 6.45) is -0.0392. The summed E-state index contributed by atoms with van der Waals surface area (Å²) >= 11 is 4.50. The van der Waals surface area contributed by atoms with Crippen LogP contribution in [0.15, 0.2) is 24.3 Å². The Labute approximate surface area is 180 Å². The van der Waals surface area contributed by atoms with Gasteiger partial charge in [-0.25, -0.2) is 4.79 Å². The van der Waals surface area contributed by atoms with Crippen molar-refractivity contribution < 1.29 is 19.2 Å². The molecule has 4 atom stereocenters. The molecule has 10 heteroatoms. The van der Waals surface area contributed by atoms with E-state index in [4.69, 9.17) is 4.74 Å². The second-order valence-electron chi connectivity index (χ2n) is 8.52. The zero-order valence-corrected chi connectivity index (χ0v) is 17.7. The van der Waals surface area contributed by atoms with Crippen LogP contribution in [0.25, 0.3) is 0 Å². The molecule has 2 unspecified atom stereocenters. The highest BCUT2D eigenvalue weighted by atomic mass is 32.1. The fraction of sp³-hybridized carbons (Fsp3) is 0.600. The van der Waals surface area contributed by atoms with E-state index in [1.54, 1.807) is 12.1 Å². The van der Waals surface area contributed by atoms with Gasteiger partial charge < -0.3 is 14.5 Å². The van der Waals surface area contributed by atoms with Crippen molar-refractivity contribution in [1.29, 1.82) is 0 Å². The van der Waals surface area contributed by atoms with Crippen LogP contribution in [0.1, 0.15) is 12.0 Å². The first kappa shape index (κ1) is 20.9. The molecule has 3 fully saturated rings. The van der Waals surface area contributed by atoms with Gasteiger partial charge in [0, 0.05) is 50.1 Å². The predicted octanol–water partition coefficient (Wildman–Crippen LogP) is 1.62. The SMILES string of the molecule is CN1CC2CN(C(=O)[C@@H]3C[C@H](S)CN3C(=O)OCc3ccc([N+](=O)[O-])cc3)CC2C1. The molecule has 1 aromatic rings. The van der Waals surface area contributed by atoms with Crippen LogP contribution < -0.4 is 0 Å². The molecule has 0 saturated carbocycles. The van der Waals surface area contributed by atoms with E-state index in [1.807, 2.05) is 4.90 Å². The largest absolute Gasteiger partial charge is 0.445 e. The second-order valence-corrected chi connectivity index (χ2v) is 9.25. The van der Waals surface area contributed by atoms with Gasteiger partial charge in [0.2, 0.25) is 5.91 Å². The summed E-state index contributed by atoms with van der Waals surface area (Å²) in [5.74, 6) is 1.00. The van der Waals surface area contributed by atoms with E-state index in [2.05, 4.69) is 24.6 Å². The smallest absolute Gasteiger partial charge is 0.410 e. The predicted molar refractivity (Wildman–Crippen MR) is 112 cm³/mol. The van der Waals surface area contributed by atoms with Crippen molar-refractivity contribution >= 4 is 30.3 Å². The van der Waals surface area contributed by atoms with E-state index < -0.39 is 17.1 Å². The molecule has 4 rings (SSSR count). The minimum absolute atomic E-state index is 0.00826. The minimum Gasteiger partial charge on any atom is -0.445 e. The molecule has 3 heterocycles. The number of hydrogen-bond donors (Lipinski definition) is 1. The number of nitro groups is 1. The summed E-state index contributed by atoms with van der Waals surface area (Å²) in [7, 11) is 2.11. The zero-order valence-electron chi connectivity index (χ0n) is 16.8.